The second-order valence-electron chi connectivity index (χ2n) is 5.60. The molecule has 1 aromatic carbocycles. The lowest BCUT2D eigenvalue weighted by Crippen LogP contribution is -2.26. The minimum atomic E-state index is 0.163. The van der Waals surface area contributed by atoms with Crippen molar-refractivity contribution in [3.05, 3.63) is 34.3 Å². The van der Waals surface area contributed by atoms with Gasteiger partial charge < -0.3 is 10.1 Å². The summed E-state index contributed by atoms with van der Waals surface area (Å²) in [6.07, 6.45) is 8.40. The number of ether oxygens (including phenoxy) is 1. The first-order valence-corrected chi connectivity index (χ1v) is 8.70. The van der Waals surface area contributed by atoms with Crippen molar-refractivity contribution in [2.45, 2.75) is 57.7 Å². The second kappa shape index (κ2) is 8.81. The second-order valence-corrected chi connectivity index (χ2v) is 6.52. The fraction of sp³-hybridized carbons (Fsp3) is 0.647. The van der Waals surface area contributed by atoms with Gasteiger partial charge in [-0.05, 0) is 37.1 Å². The van der Waals surface area contributed by atoms with Gasteiger partial charge in [-0.3, -0.25) is 0 Å². The predicted molar refractivity (Wildman–Crippen MR) is 88.0 cm³/mol. The molecule has 1 N–H and O–H groups in total. The molecular formula is C17H26BrNO. The van der Waals surface area contributed by atoms with Gasteiger partial charge in [-0.1, -0.05) is 60.7 Å². The van der Waals surface area contributed by atoms with Gasteiger partial charge in [0.1, 0.15) is 0 Å². The van der Waals surface area contributed by atoms with E-state index in [1.165, 1.54) is 44.1 Å². The van der Waals surface area contributed by atoms with Crippen LogP contribution in [0.3, 0.4) is 0 Å². The molecule has 0 heterocycles. The monoisotopic (exact) mass is 339 g/mol. The Kier molecular flexibility index (Phi) is 7.05. The van der Waals surface area contributed by atoms with Crippen molar-refractivity contribution in [3.8, 4) is 0 Å². The third-order valence-corrected chi connectivity index (χ3v) is 4.45. The van der Waals surface area contributed by atoms with E-state index in [9.17, 15) is 0 Å². The summed E-state index contributed by atoms with van der Waals surface area (Å²) in [5.41, 5.74) is 1.27. The van der Waals surface area contributed by atoms with Crippen molar-refractivity contribution in [3.63, 3.8) is 0 Å². The molecule has 2 rings (SSSR count). The predicted octanol–water partition coefficient (Wildman–Crippen LogP) is 4.84. The van der Waals surface area contributed by atoms with Crippen LogP contribution in [0.4, 0.5) is 0 Å². The molecule has 0 aliphatic heterocycles. The van der Waals surface area contributed by atoms with Gasteiger partial charge >= 0.3 is 0 Å². The fourth-order valence-electron chi connectivity index (χ4n) is 2.84. The van der Waals surface area contributed by atoms with Crippen LogP contribution in [-0.2, 0) is 4.74 Å². The van der Waals surface area contributed by atoms with Crippen LogP contribution in [0.25, 0.3) is 0 Å². The van der Waals surface area contributed by atoms with E-state index < -0.39 is 0 Å². The molecule has 0 saturated heterocycles. The molecule has 1 aliphatic rings. The quantitative estimate of drug-likeness (QED) is 0.748. The summed E-state index contributed by atoms with van der Waals surface area (Å²) in [5.74, 6) is 0. The maximum atomic E-state index is 6.43. The maximum absolute atomic E-state index is 6.43. The molecule has 1 aliphatic carbocycles. The van der Waals surface area contributed by atoms with Crippen molar-refractivity contribution in [1.82, 2.24) is 5.32 Å². The lowest BCUT2D eigenvalue weighted by Gasteiger charge is -2.25. The summed E-state index contributed by atoms with van der Waals surface area (Å²) in [6, 6.07) is 8.51. The Labute approximate surface area is 131 Å². The minimum Gasteiger partial charge on any atom is -0.369 e. The van der Waals surface area contributed by atoms with Crippen LogP contribution in [0.15, 0.2) is 28.7 Å². The molecule has 0 bridgehead atoms. The maximum Gasteiger partial charge on any atom is 0.0953 e. The molecule has 1 atom stereocenters. The van der Waals surface area contributed by atoms with Gasteiger partial charge in [0.05, 0.1) is 12.2 Å². The van der Waals surface area contributed by atoms with E-state index in [2.05, 4.69) is 52.4 Å². The molecular weight excluding hydrogens is 314 g/mol. The molecule has 1 unspecified atom stereocenters. The Hall–Kier alpha value is -0.380. The highest BCUT2D eigenvalue weighted by atomic mass is 79.9. The van der Waals surface area contributed by atoms with Crippen LogP contribution in [0, 0.1) is 0 Å². The SMILES string of the molecule is CCNCC(OC1CCCCCC1)c1cccc(Br)c1. The summed E-state index contributed by atoms with van der Waals surface area (Å²) >= 11 is 3.56. The summed E-state index contributed by atoms with van der Waals surface area (Å²) in [6.45, 7) is 4.02. The van der Waals surface area contributed by atoms with Gasteiger partial charge in [0.25, 0.3) is 0 Å². The van der Waals surface area contributed by atoms with Crippen molar-refractivity contribution in [1.29, 1.82) is 0 Å². The summed E-state index contributed by atoms with van der Waals surface area (Å²) in [4.78, 5) is 0. The molecule has 112 valence electrons. The van der Waals surface area contributed by atoms with E-state index >= 15 is 0 Å². The van der Waals surface area contributed by atoms with Gasteiger partial charge in [-0.2, -0.15) is 0 Å². The topological polar surface area (TPSA) is 21.3 Å². The largest absolute Gasteiger partial charge is 0.369 e. The zero-order valence-electron chi connectivity index (χ0n) is 12.4. The van der Waals surface area contributed by atoms with Crippen LogP contribution < -0.4 is 5.32 Å². The fourth-order valence-corrected chi connectivity index (χ4v) is 3.25. The molecule has 1 aromatic rings. The van der Waals surface area contributed by atoms with E-state index in [4.69, 9.17) is 4.74 Å². The van der Waals surface area contributed by atoms with Crippen molar-refractivity contribution in [2.75, 3.05) is 13.1 Å². The van der Waals surface area contributed by atoms with Crippen molar-refractivity contribution >= 4 is 15.9 Å². The third kappa shape index (κ3) is 5.19. The van der Waals surface area contributed by atoms with Gasteiger partial charge in [0, 0.05) is 11.0 Å². The van der Waals surface area contributed by atoms with Crippen molar-refractivity contribution < 1.29 is 4.74 Å². The van der Waals surface area contributed by atoms with Crippen LogP contribution in [0.2, 0.25) is 0 Å². The first-order chi connectivity index (χ1) is 9.79. The molecule has 0 spiro atoms. The molecule has 20 heavy (non-hydrogen) atoms. The average molecular weight is 340 g/mol. The highest BCUT2D eigenvalue weighted by Crippen LogP contribution is 2.27. The molecule has 0 aromatic heterocycles. The van der Waals surface area contributed by atoms with Gasteiger partial charge in [-0.25, -0.2) is 0 Å². The molecule has 0 amide bonds. The Bertz CT molecular complexity index is 388. The zero-order valence-corrected chi connectivity index (χ0v) is 14.0. The van der Waals surface area contributed by atoms with E-state index in [1.807, 2.05) is 0 Å². The number of hydrogen-bond acceptors (Lipinski definition) is 2. The number of nitrogens with one attached hydrogen (secondary N) is 1. The summed E-state index contributed by atoms with van der Waals surface area (Å²) in [5, 5.41) is 3.43. The number of halogens is 1. The molecule has 3 heteroatoms. The lowest BCUT2D eigenvalue weighted by atomic mass is 10.1. The third-order valence-electron chi connectivity index (χ3n) is 3.96. The van der Waals surface area contributed by atoms with Gasteiger partial charge in [-0.15, -0.1) is 0 Å². The Morgan fingerprint density at radius 2 is 2.00 bits per heavy atom. The summed E-state index contributed by atoms with van der Waals surface area (Å²) < 4.78 is 7.56. The molecule has 1 fully saturated rings. The number of benzene rings is 1. The van der Waals surface area contributed by atoms with Crippen molar-refractivity contribution in [2.24, 2.45) is 0 Å². The Morgan fingerprint density at radius 3 is 2.65 bits per heavy atom. The highest BCUT2D eigenvalue weighted by Gasteiger charge is 2.19. The van der Waals surface area contributed by atoms with Crippen LogP contribution >= 0.6 is 15.9 Å². The van der Waals surface area contributed by atoms with E-state index in [0.717, 1.165) is 17.6 Å². The molecule has 0 radical (unpaired) electrons. The van der Waals surface area contributed by atoms with E-state index in [0.29, 0.717) is 6.10 Å². The first-order valence-electron chi connectivity index (χ1n) is 7.91. The normalized spacial score (nSPS) is 18.7. The van der Waals surface area contributed by atoms with Gasteiger partial charge in [0.15, 0.2) is 0 Å². The zero-order chi connectivity index (χ0) is 14.2. The molecule has 2 nitrogen and oxygen atoms in total. The smallest absolute Gasteiger partial charge is 0.0953 e. The Morgan fingerprint density at radius 1 is 1.25 bits per heavy atom. The standard InChI is InChI=1S/C17H26BrNO/c1-2-19-13-17(14-8-7-9-15(18)12-14)20-16-10-5-3-4-6-11-16/h7-9,12,16-17,19H,2-6,10-11,13H2,1H3. The lowest BCUT2D eigenvalue weighted by molar-refractivity contribution is -0.0199. The highest BCUT2D eigenvalue weighted by molar-refractivity contribution is 9.10. The average Bonchev–Trinajstić information content (AvgIpc) is 2.72. The van der Waals surface area contributed by atoms with Crippen LogP contribution in [-0.4, -0.2) is 19.2 Å². The van der Waals surface area contributed by atoms with Crippen LogP contribution in [0.1, 0.15) is 57.1 Å². The summed E-state index contributed by atoms with van der Waals surface area (Å²) in [7, 11) is 0. The van der Waals surface area contributed by atoms with E-state index in [-0.39, 0.29) is 6.10 Å². The first kappa shape index (κ1) is 16.0. The van der Waals surface area contributed by atoms with E-state index in [1.54, 1.807) is 0 Å². The van der Waals surface area contributed by atoms with Crippen LogP contribution in [0.5, 0.6) is 0 Å². The minimum absolute atomic E-state index is 0.163. The Balaban J connectivity index is 2.02. The van der Waals surface area contributed by atoms with Gasteiger partial charge in [0.2, 0.25) is 0 Å². The number of likely N-dealkylation sites (N-methyl/N-ethyl adjacent to an activating group) is 1. The number of rotatable bonds is 6. The number of hydrogen-bond donors (Lipinski definition) is 1. The molecule has 1 saturated carbocycles.